The van der Waals surface area contributed by atoms with Gasteiger partial charge >= 0.3 is 0 Å². The van der Waals surface area contributed by atoms with Crippen molar-refractivity contribution < 1.29 is 4.74 Å². The summed E-state index contributed by atoms with van der Waals surface area (Å²) in [6.45, 7) is 2.48. The van der Waals surface area contributed by atoms with E-state index in [1.165, 1.54) is 37.7 Å². The number of benzene rings is 1. The van der Waals surface area contributed by atoms with Crippen LogP contribution in [0, 0.1) is 0 Å². The predicted octanol–water partition coefficient (Wildman–Crippen LogP) is 3.75. The molecular weight excluding hydrogens is 413 g/mol. The zero-order chi connectivity index (χ0) is 16.2. The van der Waals surface area contributed by atoms with Crippen LogP contribution in [-0.4, -0.2) is 38.8 Å². The van der Waals surface area contributed by atoms with Crippen molar-refractivity contribution in [1.82, 2.24) is 10.6 Å². The molecule has 0 aliphatic heterocycles. The Labute approximate surface area is 163 Å². The lowest BCUT2D eigenvalue weighted by Gasteiger charge is -2.24. The molecule has 2 N–H and O–H groups in total. The van der Waals surface area contributed by atoms with Gasteiger partial charge in [0.1, 0.15) is 0 Å². The first-order valence-corrected chi connectivity index (χ1v) is 8.97. The number of hydrogen-bond acceptors (Lipinski definition) is 2. The first kappa shape index (κ1) is 21.2. The Kier molecular flexibility index (Phi) is 11.9. The van der Waals surface area contributed by atoms with Crippen LogP contribution in [0.2, 0.25) is 0 Å². The molecule has 2 rings (SSSR count). The molecule has 1 aliphatic rings. The maximum atomic E-state index is 5.70. The average molecular weight is 445 g/mol. The molecule has 1 aliphatic carbocycles. The molecule has 1 aromatic carbocycles. The SMILES string of the molecule is CN=C(NCCCOCCc1ccccc1)NC1CCCCC1.I. The summed E-state index contributed by atoms with van der Waals surface area (Å²) in [5, 5.41) is 6.91. The second-order valence-corrected chi connectivity index (χ2v) is 6.18. The summed E-state index contributed by atoms with van der Waals surface area (Å²) < 4.78 is 5.70. The third kappa shape index (κ3) is 8.87. The van der Waals surface area contributed by atoms with Crippen molar-refractivity contribution in [3.05, 3.63) is 35.9 Å². The van der Waals surface area contributed by atoms with Crippen LogP contribution in [0.25, 0.3) is 0 Å². The smallest absolute Gasteiger partial charge is 0.191 e. The fourth-order valence-electron chi connectivity index (χ4n) is 2.95. The van der Waals surface area contributed by atoms with E-state index in [0.29, 0.717) is 6.04 Å². The van der Waals surface area contributed by atoms with Crippen LogP contribution < -0.4 is 10.6 Å². The molecule has 5 heteroatoms. The second-order valence-electron chi connectivity index (χ2n) is 6.18. The lowest BCUT2D eigenvalue weighted by Crippen LogP contribution is -2.44. The lowest BCUT2D eigenvalue weighted by molar-refractivity contribution is 0.135. The summed E-state index contributed by atoms with van der Waals surface area (Å²) in [6.07, 6.45) is 8.57. The van der Waals surface area contributed by atoms with Crippen molar-refractivity contribution in [3.8, 4) is 0 Å². The number of guanidine groups is 1. The Balaban J connectivity index is 0.00000288. The summed E-state index contributed by atoms with van der Waals surface area (Å²) in [4.78, 5) is 4.31. The fraction of sp³-hybridized carbons (Fsp3) is 0.632. The zero-order valence-corrected chi connectivity index (χ0v) is 17.1. The first-order chi connectivity index (χ1) is 11.4. The van der Waals surface area contributed by atoms with Crippen molar-refractivity contribution in [2.24, 2.45) is 4.99 Å². The van der Waals surface area contributed by atoms with E-state index in [-0.39, 0.29) is 24.0 Å². The van der Waals surface area contributed by atoms with E-state index in [1.807, 2.05) is 13.1 Å². The second kappa shape index (κ2) is 13.5. The Morgan fingerprint density at radius 3 is 2.58 bits per heavy atom. The van der Waals surface area contributed by atoms with E-state index >= 15 is 0 Å². The van der Waals surface area contributed by atoms with Gasteiger partial charge in [0.2, 0.25) is 0 Å². The highest BCUT2D eigenvalue weighted by Gasteiger charge is 2.13. The van der Waals surface area contributed by atoms with E-state index in [1.54, 1.807) is 0 Å². The van der Waals surface area contributed by atoms with Crippen LogP contribution in [0.3, 0.4) is 0 Å². The van der Waals surface area contributed by atoms with Gasteiger partial charge in [-0.3, -0.25) is 4.99 Å². The van der Waals surface area contributed by atoms with E-state index < -0.39 is 0 Å². The van der Waals surface area contributed by atoms with Crippen LogP contribution in [0.5, 0.6) is 0 Å². The van der Waals surface area contributed by atoms with Crippen LogP contribution in [-0.2, 0) is 11.2 Å². The quantitative estimate of drug-likeness (QED) is 0.277. The normalized spacial score (nSPS) is 15.6. The van der Waals surface area contributed by atoms with Crippen molar-refractivity contribution >= 4 is 29.9 Å². The van der Waals surface area contributed by atoms with Crippen molar-refractivity contribution in [2.75, 3.05) is 26.8 Å². The number of nitrogens with one attached hydrogen (secondary N) is 2. The minimum absolute atomic E-state index is 0. The van der Waals surface area contributed by atoms with Crippen LogP contribution >= 0.6 is 24.0 Å². The standard InChI is InChI=1S/C19H31N3O.HI/c1-20-19(22-18-11-6-3-7-12-18)21-14-8-15-23-16-13-17-9-4-2-5-10-17;/h2,4-5,9-10,18H,3,6-8,11-16H2,1H3,(H2,20,21,22);1H. The Morgan fingerprint density at radius 1 is 1.12 bits per heavy atom. The van der Waals surface area contributed by atoms with Gasteiger partial charge in [-0.15, -0.1) is 24.0 Å². The van der Waals surface area contributed by atoms with Gasteiger partial charge in [-0.25, -0.2) is 0 Å². The summed E-state index contributed by atoms with van der Waals surface area (Å²) in [6, 6.07) is 11.1. The van der Waals surface area contributed by atoms with Crippen molar-refractivity contribution in [2.45, 2.75) is 51.0 Å². The molecule has 0 bridgehead atoms. The van der Waals surface area contributed by atoms with E-state index in [4.69, 9.17) is 4.74 Å². The summed E-state index contributed by atoms with van der Waals surface area (Å²) in [5.74, 6) is 0.932. The largest absolute Gasteiger partial charge is 0.381 e. The van der Waals surface area contributed by atoms with Gasteiger partial charge in [0.15, 0.2) is 5.96 Å². The molecule has 0 radical (unpaired) electrons. The molecule has 0 heterocycles. The third-order valence-electron chi connectivity index (χ3n) is 4.31. The van der Waals surface area contributed by atoms with Crippen molar-refractivity contribution in [3.63, 3.8) is 0 Å². The van der Waals surface area contributed by atoms with Crippen LogP contribution in [0.15, 0.2) is 35.3 Å². The minimum Gasteiger partial charge on any atom is -0.381 e. The monoisotopic (exact) mass is 445 g/mol. The maximum Gasteiger partial charge on any atom is 0.191 e. The molecule has 1 aromatic rings. The van der Waals surface area contributed by atoms with E-state index in [2.05, 4.69) is 39.9 Å². The topological polar surface area (TPSA) is 45.7 Å². The summed E-state index contributed by atoms with van der Waals surface area (Å²) in [5.41, 5.74) is 1.34. The van der Waals surface area contributed by atoms with Crippen LogP contribution in [0.4, 0.5) is 0 Å². The average Bonchev–Trinajstić information content (AvgIpc) is 2.61. The molecule has 4 nitrogen and oxygen atoms in total. The molecule has 1 saturated carbocycles. The summed E-state index contributed by atoms with van der Waals surface area (Å²) >= 11 is 0. The number of rotatable bonds is 8. The number of hydrogen-bond donors (Lipinski definition) is 2. The van der Waals surface area contributed by atoms with Gasteiger partial charge in [-0.1, -0.05) is 49.6 Å². The molecule has 0 atom stereocenters. The van der Waals surface area contributed by atoms with Crippen molar-refractivity contribution in [1.29, 1.82) is 0 Å². The Morgan fingerprint density at radius 2 is 1.88 bits per heavy atom. The fourth-order valence-corrected chi connectivity index (χ4v) is 2.95. The number of nitrogens with zero attached hydrogens (tertiary/aromatic N) is 1. The number of halogens is 1. The zero-order valence-electron chi connectivity index (χ0n) is 14.8. The molecule has 0 saturated heterocycles. The highest BCUT2D eigenvalue weighted by molar-refractivity contribution is 14.0. The molecule has 0 amide bonds. The van der Waals surface area contributed by atoms with E-state index in [0.717, 1.165) is 38.6 Å². The third-order valence-corrected chi connectivity index (χ3v) is 4.31. The highest BCUT2D eigenvalue weighted by Crippen LogP contribution is 2.17. The highest BCUT2D eigenvalue weighted by atomic mass is 127. The first-order valence-electron chi connectivity index (χ1n) is 8.97. The van der Waals surface area contributed by atoms with Gasteiger partial charge in [-0.05, 0) is 31.2 Å². The maximum absolute atomic E-state index is 5.70. The Bertz CT molecular complexity index is 447. The predicted molar refractivity (Wildman–Crippen MR) is 112 cm³/mol. The van der Waals surface area contributed by atoms with Gasteiger partial charge < -0.3 is 15.4 Å². The summed E-state index contributed by atoms with van der Waals surface area (Å²) in [7, 11) is 1.84. The molecule has 0 spiro atoms. The van der Waals surface area contributed by atoms with E-state index in [9.17, 15) is 0 Å². The molecular formula is C19H32IN3O. The van der Waals surface area contributed by atoms with Gasteiger partial charge in [0.25, 0.3) is 0 Å². The molecule has 24 heavy (non-hydrogen) atoms. The van der Waals surface area contributed by atoms with Crippen LogP contribution in [0.1, 0.15) is 44.1 Å². The number of aliphatic imine (C=N–C) groups is 1. The van der Waals surface area contributed by atoms with Gasteiger partial charge in [-0.2, -0.15) is 0 Å². The molecule has 0 unspecified atom stereocenters. The lowest BCUT2D eigenvalue weighted by atomic mass is 9.96. The molecule has 1 fully saturated rings. The minimum atomic E-state index is 0. The Hall–Kier alpha value is -0.820. The number of ether oxygens (including phenoxy) is 1. The molecule has 0 aromatic heterocycles. The van der Waals surface area contributed by atoms with Gasteiger partial charge in [0, 0.05) is 26.2 Å². The van der Waals surface area contributed by atoms with Gasteiger partial charge in [0.05, 0.1) is 6.61 Å². The molecule has 136 valence electrons.